The second kappa shape index (κ2) is 8.56. The standard InChI is InChI=1S/C19H25N3O2S/c1-15-17(25-18(20-15)14-24-2)12-19(23)22-10-8-21(9-11-22)13-16-6-4-3-5-7-16/h3-7H,8-14H2,1-2H3. The maximum absolute atomic E-state index is 12.6. The van der Waals surface area contributed by atoms with Crippen LogP contribution in [-0.4, -0.2) is 54.0 Å². The number of benzene rings is 1. The minimum atomic E-state index is 0.204. The van der Waals surface area contributed by atoms with Crippen molar-refractivity contribution in [3.05, 3.63) is 51.5 Å². The first-order valence-electron chi connectivity index (χ1n) is 8.64. The number of piperazine rings is 1. The Morgan fingerprint density at radius 2 is 1.92 bits per heavy atom. The molecule has 0 saturated carbocycles. The van der Waals surface area contributed by atoms with Gasteiger partial charge in [-0.1, -0.05) is 30.3 Å². The number of aromatic nitrogens is 1. The molecule has 0 aliphatic carbocycles. The van der Waals surface area contributed by atoms with Crippen LogP contribution in [-0.2, 0) is 29.1 Å². The van der Waals surface area contributed by atoms with E-state index in [1.807, 2.05) is 17.9 Å². The average molecular weight is 359 g/mol. The molecule has 2 heterocycles. The number of aryl methyl sites for hydroxylation is 1. The first-order valence-corrected chi connectivity index (χ1v) is 9.45. The summed E-state index contributed by atoms with van der Waals surface area (Å²) in [6.07, 6.45) is 0.450. The number of carbonyl (C=O) groups is 1. The Morgan fingerprint density at radius 3 is 2.60 bits per heavy atom. The molecule has 3 rings (SSSR count). The zero-order chi connectivity index (χ0) is 17.6. The largest absolute Gasteiger partial charge is 0.378 e. The molecule has 0 radical (unpaired) electrons. The number of methoxy groups -OCH3 is 1. The fourth-order valence-corrected chi connectivity index (χ4v) is 4.12. The van der Waals surface area contributed by atoms with E-state index in [2.05, 4.69) is 34.1 Å². The number of ether oxygens (including phenoxy) is 1. The van der Waals surface area contributed by atoms with Crippen LogP contribution in [0.3, 0.4) is 0 Å². The maximum atomic E-state index is 12.6. The molecule has 5 nitrogen and oxygen atoms in total. The summed E-state index contributed by atoms with van der Waals surface area (Å²) in [5.74, 6) is 0.204. The van der Waals surface area contributed by atoms with E-state index in [0.717, 1.165) is 48.3 Å². The van der Waals surface area contributed by atoms with Crippen LogP contribution in [0.1, 0.15) is 21.1 Å². The number of rotatable bonds is 6. The van der Waals surface area contributed by atoms with Crippen molar-refractivity contribution >= 4 is 17.2 Å². The van der Waals surface area contributed by atoms with Crippen LogP contribution in [0, 0.1) is 6.92 Å². The molecule has 1 aromatic carbocycles. The fraction of sp³-hybridized carbons (Fsp3) is 0.474. The SMILES string of the molecule is COCc1nc(C)c(CC(=O)N2CCN(Cc3ccccc3)CC2)s1. The molecule has 134 valence electrons. The van der Waals surface area contributed by atoms with Gasteiger partial charge in [-0.2, -0.15) is 0 Å². The molecular formula is C19H25N3O2S. The van der Waals surface area contributed by atoms with Crippen molar-refractivity contribution in [1.29, 1.82) is 0 Å². The van der Waals surface area contributed by atoms with Crippen molar-refractivity contribution in [2.45, 2.75) is 26.5 Å². The molecule has 1 aliphatic rings. The van der Waals surface area contributed by atoms with Crippen molar-refractivity contribution in [1.82, 2.24) is 14.8 Å². The Kier molecular flexibility index (Phi) is 6.18. The molecular weight excluding hydrogens is 334 g/mol. The summed E-state index contributed by atoms with van der Waals surface area (Å²) < 4.78 is 5.13. The highest BCUT2D eigenvalue weighted by Crippen LogP contribution is 2.20. The molecule has 0 atom stereocenters. The lowest BCUT2D eigenvalue weighted by Gasteiger charge is -2.34. The van der Waals surface area contributed by atoms with Gasteiger partial charge in [-0.3, -0.25) is 9.69 Å². The molecule has 25 heavy (non-hydrogen) atoms. The molecule has 1 aliphatic heterocycles. The lowest BCUT2D eigenvalue weighted by molar-refractivity contribution is -0.132. The molecule has 1 amide bonds. The summed E-state index contributed by atoms with van der Waals surface area (Å²) >= 11 is 1.58. The maximum Gasteiger partial charge on any atom is 0.227 e. The van der Waals surface area contributed by atoms with Crippen LogP contribution in [0.25, 0.3) is 0 Å². The van der Waals surface area contributed by atoms with Gasteiger partial charge in [0.05, 0.1) is 18.7 Å². The van der Waals surface area contributed by atoms with E-state index >= 15 is 0 Å². The second-order valence-electron chi connectivity index (χ2n) is 6.37. The Balaban J connectivity index is 1.50. The van der Waals surface area contributed by atoms with Crippen molar-refractivity contribution in [2.75, 3.05) is 33.3 Å². The van der Waals surface area contributed by atoms with Gasteiger partial charge < -0.3 is 9.64 Å². The minimum absolute atomic E-state index is 0.204. The summed E-state index contributed by atoms with van der Waals surface area (Å²) in [6, 6.07) is 10.5. The third kappa shape index (κ3) is 4.87. The van der Waals surface area contributed by atoms with Crippen molar-refractivity contribution in [3.63, 3.8) is 0 Å². The van der Waals surface area contributed by atoms with Crippen molar-refractivity contribution < 1.29 is 9.53 Å². The van der Waals surface area contributed by atoms with E-state index in [4.69, 9.17) is 4.74 Å². The van der Waals surface area contributed by atoms with Gasteiger partial charge >= 0.3 is 0 Å². The molecule has 6 heteroatoms. The zero-order valence-corrected chi connectivity index (χ0v) is 15.7. The average Bonchev–Trinajstić information content (AvgIpc) is 2.96. The van der Waals surface area contributed by atoms with E-state index in [0.29, 0.717) is 13.0 Å². The lowest BCUT2D eigenvalue weighted by atomic mass is 10.2. The van der Waals surface area contributed by atoms with Crippen LogP contribution in [0.5, 0.6) is 0 Å². The third-order valence-electron chi connectivity index (χ3n) is 4.49. The number of thiazole rings is 1. The smallest absolute Gasteiger partial charge is 0.227 e. The summed E-state index contributed by atoms with van der Waals surface area (Å²) in [7, 11) is 1.66. The van der Waals surface area contributed by atoms with Crippen molar-refractivity contribution in [3.8, 4) is 0 Å². The molecule has 1 saturated heterocycles. The molecule has 0 bridgehead atoms. The van der Waals surface area contributed by atoms with Gasteiger partial charge in [-0.05, 0) is 12.5 Å². The molecule has 0 spiro atoms. The number of hydrogen-bond donors (Lipinski definition) is 0. The van der Waals surface area contributed by atoms with E-state index in [1.165, 1.54) is 5.56 Å². The lowest BCUT2D eigenvalue weighted by Crippen LogP contribution is -2.48. The summed E-state index contributed by atoms with van der Waals surface area (Å²) in [5, 5.41) is 0.940. The summed E-state index contributed by atoms with van der Waals surface area (Å²) in [5.41, 5.74) is 2.28. The summed E-state index contributed by atoms with van der Waals surface area (Å²) in [6.45, 7) is 6.89. The van der Waals surface area contributed by atoms with Gasteiger partial charge in [0.15, 0.2) is 0 Å². The quantitative estimate of drug-likeness (QED) is 0.795. The first kappa shape index (κ1) is 18.0. The number of nitrogens with zero attached hydrogens (tertiary/aromatic N) is 3. The van der Waals surface area contributed by atoms with Crippen LogP contribution >= 0.6 is 11.3 Å². The molecule has 1 fully saturated rings. The van der Waals surface area contributed by atoms with Crippen LogP contribution in [0.4, 0.5) is 0 Å². The first-order chi connectivity index (χ1) is 12.2. The van der Waals surface area contributed by atoms with Crippen LogP contribution in [0.2, 0.25) is 0 Å². The Hall–Kier alpha value is -1.76. The predicted molar refractivity (Wildman–Crippen MR) is 99.6 cm³/mol. The monoisotopic (exact) mass is 359 g/mol. The fourth-order valence-electron chi connectivity index (χ4n) is 3.08. The summed E-state index contributed by atoms with van der Waals surface area (Å²) in [4.78, 5) is 22.5. The van der Waals surface area contributed by atoms with E-state index in [9.17, 15) is 4.79 Å². The van der Waals surface area contributed by atoms with Gasteiger partial charge in [0.2, 0.25) is 5.91 Å². The normalized spacial score (nSPS) is 15.5. The van der Waals surface area contributed by atoms with E-state index in [1.54, 1.807) is 18.4 Å². The minimum Gasteiger partial charge on any atom is -0.378 e. The predicted octanol–water partition coefficient (Wildman–Crippen LogP) is 2.48. The highest BCUT2D eigenvalue weighted by molar-refractivity contribution is 7.11. The number of hydrogen-bond acceptors (Lipinski definition) is 5. The van der Waals surface area contributed by atoms with Gasteiger partial charge in [0.25, 0.3) is 0 Å². The van der Waals surface area contributed by atoms with Gasteiger partial charge in [-0.25, -0.2) is 4.98 Å². The molecule has 2 aromatic rings. The molecule has 0 unspecified atom stereocenters. The van der Waals surface area contributed by atoms with Gasteiger partial charge in [0, 0.05) is 44.7 Å². The van der Waals surface area contributed by atoms with Gasteiger partial charge in [-0.15, -0.1) is 11.3 Å². The van der Waals surface area contributed by atoms with Crippen molar-refractivity contribution in [2.24, 2.45) is 0 Å². The molecule has 1 aromatic heterocycles. The Morgan fingerprint density at radius 1 is 1.20 bits per heavy atom. The van der Waals surface area contributed by atoms with E-state index in [-0.39, 0.29) is 5.91 Å². The van der Waals surface area contributed by atoms with Gasteiger partial charge in [0.1, 0.15) is 5.01 Å². The van der Waals surface area contributed by atoms with E-state index < -0.39 is 0 Å². The third-order valence-corrected chi connectivity index (χ3v) is 5.62. The topological polar surface area (TPSA) is 45.7 Å². The van der Waals surface area contributed by atoms with Crippen LogP contribution in [0.15, 0.2) is 30.3 Å². The highest BCUT2D eigenvalue weighted by atomic mass is 32.1. The highest BCUT2D eigenvalue weighted by Gasteiger charge is 2.22. The zero-order valence-electron chi connectivity index (χ0n) is 14.9. The number of amides is 1. The molecule has 0 N–H and O–H groups in total. The number of carbonyl (C=O) groups excluding carboxylic acids is 1. The Labute approximate surface area is 153 Å². The Bertz CT molecular complexity index is 694. The second-order valence-corrected chi connectivity index (χ2v) is 7.54. The van der Waals surface area contributed by atoms with Crippen LogP contribution < -0.4 is 0 Å².